The highest BCUT2D eigenvalue weighted by Crippen LogP contribution is 2.32. The Balaban J connectivity index is 0.000000211. The van der Waals surface area contributed by atoms with Crippen molar-refractivity contribution in [1.29, 1.82) is 0 Å². The highest BCUT2D eigenvalue weighted by Gasteiger charge is 2.03. The van der Waals surface area contributed by atoms with Crippen molar-refractivity contribution in [3.05, 3.63) is 44.8 Å². The molecule has 4 nitrogen and oxygen atoms in total. The minimum absolute atomic E-state index is 0.521. The third kappa shape index (κ3) is 5.19. The van der Waals surface area contributed by atoms with Gasteiger partial charge in [-0.2, -0.15) is 0 Å². The molecule has 0 aliphatic carbocycles. The van der Waals surface area contributed by atoms with Crippen molar-refractivity contribution in [2.24, 2.45) is 0 Å². The maximum absolute atomic E-state index is 5.78. The van der Waals surface area contributed by atoms with Gasteiger partial charge in [0.05, 0.1) is 24.3 Å². The lowest BCUT2D eigenvalue weighted by Crippen LogP contribution is -1.89. The number of rotatable bonds is 2. The Bertz CT molecular complexity index is 624. The predicted molar refractivity (Wildman–Crippen MR) is 92.5 cm³/mol. The Hall–Kier alpha value is -1.30. The van der Waals surface area contributed by atoms with Crippen LogP contribution in [0.1, 0.15) is 0 Å². The molecule has 7 heteroatoms. The molecule has 0 saturated carbocycles. The van der Waals surface area contributed by atoms with Gasteiger partial charge in [-0.3, -0.25) is 0 Å². The summed E-state index contributed by atoms with van der Waals surface area (Å²) < 4.78 is 10.7. The van der Waals surface area contributed by atoms with Crippen LogP contribution in [0.4, 0.5) is 11.4 Å². The second-order valence-corrected chi connectivity index (χ2v) is 5.57. The van der Waals surface area contributed by atoms with Crippen LogP contribution in [0, 0.1) is 0 Å². The van der Waals surface area contributed by atoms with E-state index >= 15 is 0 Å². The van der Waals surface area contributed by atoms with Gasteiger partial charge in [0, 0.05) is 15.8 Å². The van der Waals surface area contributed by atoms with Gasteiger partial charge < -0.3 is 20.9 Å². The highest BCUT2D eigenvalue weighted by molar-refractivity contribution is 9.10. The van der Waals surface area contributed by atoms with E-state index in [9.17, 15) is 0 Å². The molecular weight excluding hydrogens is 379 g/mol. The Labute approximate surface area is 142 Å². The minimum Gasteiger partial charge on any atom is -0.495 e. The number of nitrogen functional groups attached to an aromatic ring is 2. The summed E-state index contributed by atoms with van der Waals surface area (Å²) in [6.45, 7) is 0. The molecule has 0 heterocycles. The lowest BCUT2D eigenvalue weighted by Gasteiger charge is -2.04. The highest BCUT2D eigenvalue weighted by atomic mass is 79.9. The van der Waals surface area contributed by atoms with E-state index in [1.165, 1.54) is 0 Å². The Morgan fingerprint density at radius 2 is 1.48 bits per heavy atom. The molecular formula is C14H15BrCl2N2O2. The standard InChI is InChI=1S/C7H7BrClNO.C7H8ClNO/c1-11-7-2-4(8)6(10)3-5(7)9;1-10-7-3-2-5(9)4-6(7)8/h2-3H,10H2,1H3;2-4H,9H2,1H3. The van der Waals surface area contributed by atoms with E-state index in [2.05, 4.69) is 15.9 Å². The van der Waals surface area contributed by atoms with Crippen molar-refractivity contribution in [2.45, 2.75) is 0 Å². The fraction of sp³-hybridized carbons (Fsp3) is 0.143. The molecule has 0 unspecified atom stereocenters. The number of hydrogen-bond acceptors (Lipinski definition) is 4. The topological polar surface area (TPSA) is 70.5 Å². The average Bonchev–Trinajstić information content (AvgIpc) is 2.44. The molecule has 0 saturated heterocycles. The van der Waals surface area contributed by atoms with Gasteiger partial charge in [0.15, 0.2) is 0 Å². The molecule has 2 aromatic carbocycles. The van der Waals surface area contributed by atoms with Crippen LogP contribution in [0.3, 0.4) is 0 Å². The number of ether oxygens (including phenoxy) is 2. The lowest BCUT2D eigenvalue weighted by atomic mass is 10.3. The molecule has 0 atom stereocenters. The molecule has 21 heavy (non-hydrogen) atoms. The Morgan fingerprint density at radius 3 is 2.00 bits per heavy atom. The summed E-state index contributed by atoms with van der Waals surface area (Å²) >= 11 is 14.8. The third-order valence-corrected chi connectivity index (χ3v) is 3.72. The van der Waals surface area contributed by atoms with Gasteiger partial charge in [0.25, 0.3) is 0 Å². The maximum Gasteiger partial charge on any atom is 0.138 e. The second kappa shape index (κ2) is 8.22. The first-order valence-corrected chi connectivity index (χ1v) is 7.31. The lowest BCUT2D eigenvalue weighted by molar-refractivity contribution is 0.415. The van der Waals surface area contributed by atoms with Crippen molar-refractivity contribution in [3.8, 4) is 11.5 Å². The number of benzene rings is 2. The quantitative estimate of drug-likeness (QED) is 0.730. The smallest absolute Gasteiger partial charge is 0.138 e. The van der Waals surface area contributed by atoms with Gasteiger partial charge in [-0.15, -0.1) is 0 Å². The van der Waals surface area contributed by atoms with Crippen molar-refractivity contribution in [2.75, 3.05) is 25.7 Å². The van der Waals surface area contributed by atoms with Gasteiger partial charge in [0.2, 0.25) is 0 Å². The van der Waals surface area contributed by atoms with E-state index in [1.807, 2.05) is 0 Å². The summed E-state index contributed by atoms with van der Waals surface area (Å²) in [5.74, 6) is 1.27. The van der Waals surface area contributed by atoms with Gasteiger partial charge in [-0.1, -0.05) is 23.2 Å². The van der Waals surface area contributed by atoms with E-state index in [1.54, 1.807) is 44.6 Å². The first kappa shape index (κ1) is 17.8. The fourth-order valence-corrected chi connectivity index (χ4v) is 2.22. The summed E-state index contributed by atoms with van der Waals surface area (Å²) in [7, 11) is 3.13. The van der Waals surface area contributed by atoms with Crippen LogP contribution >= 0.6 is 39.1 Å². The molecule has 0 radical (unpaired) electrons. The summed E-state index contributed by atoms with van der Waals surface area (Å²) in [5, 5.41) is 1.07. The largest absolute Gasteiger partial charge is 0.495 e. The van der Waals surface area contributed by atoms with Crippen molar-refractivity contribution < 1.29 is 9.47 Å². The predicted octanol–water partition coefficient (Wildman–Crippen LogP) is 4.62. The Kier molecular flexibility index (Phi) is 6.95. The van der Waals surface area contributed by atoms with Crippen LogP contribution in [0.5, 0.6) is 11.5 Å². The summed E-state index contributed by atoms with van der Waals surface area (Å²) in [4.78, 5) is 0. The number of nitrogens with two attached hydrogens (primary N) is 2. The van der Waals surface area contributed by atoms with Crippen molar-refractivity contribution in [1.82, 2.24) is 0 Å². The van der Waals surface area contributed by atoms with Crippen LogP contribution < -0.4 is 20.9 Å². The SMILES string of the molecule is COc1cc(Br)c(N)cc1Cl.COc1ccc(N)cc1Cl. The van der Waals surface area contributed by atoms with Crippen molar-refractivity contribution >= 4 is 50.5 Å². The van der Waals surface area contributed by atoms with Crippen molar-refractivity contribution in [3.63, 3.8) is 0 Å². The normalized spacial score (nSPS) is 9.57. The van der Waals surface area contributed by atoms with E-state index < -0.39 is 0 Å². The van der Waals surface area contributed by atoms with E-state index in [-0.39, 0.29) is 0 Å². The van der Waals surface area contributed by atoms with Crippen LogP contribution in [-0.2, 0) is 0 Å². The average molecular weight is 394 g/mol. The number of halogens is 3. The molecule has 0 fully saturated rings. The number of methoxy groups -OCH3 is 2. The minimum atomic E-state index is 0.521. The van der Waals surface area contributed by atoms with Crippen LogP contribution in [0.15, 0.2) is 34.8 Å². The molecule has 0 aliphatic rings. The number of hydrogen-bond donors (Lipinski definition) is 2. The van der Waals surface area contributed by atoms with Crippen LogP contribution in [0.25, 0.3) is 0 Å². The molecule has 0 aromatic heterocycles. The second-order valence-electron chi connectivity index (χ2n) is 3.90. The Morgan fingerprint density at radius 1 is 0.905 bits per heavy atom. The van der Waals surface area contributed by atoms with Crippen LogP contribution in [-0.4, -0.2) is 14.2 Å². The summed E-state index contributed by atoms with van der Waals surface area (Å²) in [5.41, 5.74) is 12.3. The third-order valence-electron chi connectivity index (χ3n) is 2.45. The molecule has 0 spiro atoms. The molecule has 2 rings (SSSR count). The van der Waals surface area contributed by atoms with Crippen LogP contribution in [0.2, 0.25) is 10.0 Å². The zero-order valence-electron chi connectivity index (χ0n) is 11.5. The maximum atomic E-state index is 5.78. The molecule has 4 N–H and O–H groups in total. The van der Waals surface area contributed by atoms with E-state index in [0.717, 1.165) is 4.47 Å². The monoisotopic (exact) mass is 392 g/mol. The zero-order chi connectivity index (χ0) is 16.0. The molecule has 114 valence electrons. The van der Waals surface area contributed by atoms with Gasteiger partial charge in [-0.25, -0.2) is 0 Å². The molecule has 0 aliphatic heterocycles. The molecule has 2 aromatic rings. The fourth-order valence-electron chi connectivity index (χ4n) is 1.38. The van der Waals surface area contributed by atoms with Gasteiger partial charge in [0.1, 0.15) is 11.5 Å². The number of anilines is 2. The van der Waals surface area contributed by atoms with Gasteiger partial charge in [-0.05, 0) is 46.3 Å². The molecule has 0 bridgehead atoms. The summed E-state index contributed by atoms with van der Waals surface area (Å²) in [6, 6.07) is 8.50. The zero-order valence-corrected chi connectivity index (χ0v) is 14.6. The van der Waals surface area contributed by atoms with E-state index in [0.29, 0.717) is 32.9 Å². The first-order chi connectivity index (χ1) is 9.88. The molecule has 0 amide bonds. The van der Waals surface area contributed by atoms with E-state index in [4.69, 9.17) is 44.1 Å². The first-order valence-electron chi connectivity index (χ1n) is 5.76. The van der Waals surface area contributed by atoms with Gasteiger partial charge >= 0.3 is 0 Å². The summed E-state index contributed by atoms with van der Waals surface area (Å²) in [6.07, 6.45) is 0.